The van der Waals surface area contributed by atoms with Crippen molar-refractivity contribution in [3.05, 3.63) is 40.7 Å². The van der Waals surface area contributed by atoms with Crippen molar-refractivity contribution in [2.24, 2.45) is 7.05 Å². The van der Waals surface area contributed by atoms with E-state index in [4.69, 9.17) is 12.2 Å². The van der Waals surface area contributed by atoms with E-state index in [1.807, 2.05) is 0 Å². The molecule has 1 aromatic heterocycles. The van der Waals surface area contributed by atoms with E-state index in [-0.39, 0.29) is 10.5 Å². The van der Waals surface area contributed by atoms with E-state index < -0.39 is 17.8 Å². The second-order valence-electron chi connectivity index (χ2n) is 3.51. The fourth-order valence-corrected chi connectivity index (χ4v) is 1.72. The van der Waals surface area contributed by atoms with E-state index >= 15 is 0 Å². The van der Waals surface area contributed by atoms with E-state index in [9.17, 15) is 17.6 Å². The van der Waals surface area contributed by atoms with Crippen LogP contribution in [-0.4, -0.2) is 14.3 Å². The average molecular weight is 277 g/mol. The molecule has 8 heteroatoms. The predicted molar refractivity (Wildman–Crippen MR) is 58.3 cm³/mol. The molecular weight excluding hydrogens is 270 g/mol. The Balaban J connectivity index is 2.80. The van der Waals surface area contributed by atoms with Crippen LogP contribution >= 0.6 is 12.2 Å². The van der Waals surface area contributed by atoms with Crippen molar-refractivity contribution in [2.75, 3.05) is 0 Å². The Morgan fingerprint density at radius 3 is 2.39 bits per heavy atom. The first-order valence-electron chi connectivity index (χ1n) is 4.80. The maximum atomic E-state index is 13.6. The Hall–Kier alpha value is -1.70. The molecule has 0 bridgehead atoms. The van der Waals surface area contributed by atoms with Gasteiger partial charge in [-0.1, -0.05) is 12.1 Å². The fraction of sp³-hybridized carbons (Fsp3) is 0.200. The number of para-hydroxylation sites is 1. The standard InChI is InChI=1S/C10H7F4N3S/c1-16-9(18)17(8(15-16)10(12,13)14)7-5-3-2-4-6(7)11/h2-5H,1H3. The number of halogens is 4. The molecule has 0 fully saturated rings. The van der Waals surface area contributed by atoms with Gasteiger partial charge in [0.1, 0.15) is 5.82 Å². The van der Waals surface area contributed by atoms with E-state index in [0.29, 0.717) is 4.57 Å². The number of rotatable bonds is 1. The Labute approximate surface area is 104 Å². The van der Waals surface area contributed by atoms with Gasteiger partial charge in [-0.05, 0) is 24.4 Å². The number of hydrogen-bond acceptors (Lipinski definition) is 2. The maximum Gasteiger partial charge on any atom is 0.452 e. The van der Waals surface area contributed by atoms with Crippen LogP contribution in [0.2, 0.25) is 0 Å². The van der Waals surface area contributed by atoms with Crippen LogP contribution in [-0.2, 0) is 13.2 Å². The summed E-state index contributed by atoms with van der Waals surface area (Å²) in [5.74, 6) is -2.05. The summed E-state index contributed by atoms with van der Waals surface area (Å²) in [6.07, 6.45) is -4.71. The van der Waals surface area contributed by atoms with Gasteiger partial charge in [-0.3, -0.25) is 4.57 Å². The molecule has 0 aliphatic carbocycles. The zero-order valence-electron chi connectivity index (χ0n) is 9.07. The van der Waals surface area contributed by atoms with Gasteiger partial charge in [0.25, 0.3) is 0 Å². The van der Waals surface area contributed by atoms with Crippen LogP contribution in [0, 0.1) is 10.6 Å². The predicted octanol–water partition coefficient (Wildman–Crippen LogP) is 3.10. The number of benzene rings is 1. The molecule has 0 saturated heterocycles. The molecule has 0 aliphatic rings. The summed E-state index contributed by atoms with van der Waals surface area (Å²) in [7, 11) is 1.27. The largest absolute Gasteiger partial charge is 0.452 e. The summed E-state index contributed by atoms with van der Waals surface area (Å²) >= 11 is 4.82. The first-order valence-corrected chi connectivity index (χ1v) is 5.21. The molecule has 96 valence electrons. The Morgan fingerprint density at radius 1 is 1.22 bits per heavy atom. The fourth-order valence-electron chi connectivity index (χ4n) is 1.50. The summed E-state index contributed by atoms with van der Waals surface area (Å²) in [5.41, 5.74) is -0.275. The molecule has 0 N–H and O–H groups in total. The van der Waals surface area contributed by atoms with Crippen molar-refractivity contribution in [1.82, 2.24) is 14.3 Å². The zero-order chi connectivity index (χ0) is 13.5. The molecule has 0 saturated carbocycles. The average Bonchev–Trinajstić information content (AvgIpc) is 2.57. The van der Waals surface area contributed by atoms with E-state index in [1.54, 1.807) is 0 Å². The summed E-state index contributed by atoms with van der Waals surface area (Å²) in [4.78, 5) is 0. The van der Waals surface area contributed by atoms with E-state index in [1.165, 1.54) is 25.2 Å². The number of aromatic nitrogens is 3. The molecule has 0 aliphatic heterocycles. The number of aryl methyl sites for hydroxylation is 1. The van der Waals surface area contributed by atoms with E-state index in [0.717, 1.165) is 10.7 Å². The second-order valence-corrected chi connectivity index (χ2v) is 3.88. The van der Waals surface area contributed by atoms with Crippen molar-refractivity contribution in [1.29, 1.82) is 0 Å². The number of nitrogens with zero attached hydrogens (tertiary/aromatic N) is 3. The summed E-state index contributed by atoms with van der Waals surface area (Å²) in [6, 6.07) is 5.08. The lowest BCUT2D eigenvalue weighted by Crippen LogP contribution is -2.14. The highest BCUT2D eigenvalue weighted by molar-refractivity contribution is 7.71. The van der Waals surface area contributed by atoms with E-state index in [2.05, 4.69) is 5.10 Å². The van der Waals surface area contributed by atoms with Crippen molar-refractivity contribution in [3.63, 3.8) is 0 Å². The highest BCUT2D eigenvalue weighted by Gasteiger charge is 2.38. The van der Waals surface area contributed by atoms with Crippen molar-refractivity contribution < 1.29 is 17.6 Å². The van der Waals surface area contributed by atoms with Gasteiger partial charge in [0.2, 0.25) is 10.6 Å². The van der Waals surface area contributed by atoms with Gasteiger partial charge in [-0.15, -0.1) is 5.10 Å². The third kappa shape index (κ3) is 2.03. The van der Waals surface area contributed by atoms with Gasteiger partial charge in [-0.2, -0.15) is 13.2 Å². The van der Waals surface area contributed by atoms with Crippen LogP contribution < -0.4 is 0 Å². The van der Waals surface area contributed by atoms with Gasteiger partial charge < -0.3 is 0 Å². The molecule has 1 heterocycles. The van der Waals surface area contributed by atoms with Crippen molar-refractivity contribution in [3.8, 4) is 5.69 Å². The van der Waals surface area contributed by atoms with Gasteiger partial charge in [0.05, 0.1) is 5.69 Å². The molecule has 0 radical (unpaired) electrons. The summed E-state index contributed by atoms with van der Waals surface area (Å²) in [5, 5.41) is 3.28. The molecule has 0 unspecified atom stereocenters. The smallest absolute Gasteiger partial charge is 0.261 e. The molecule has 0 spiro atoms. The lowest BCUT2D eigenvalue weighted by molar-refractivity contribution is -0.146. The molecule has 0 amide bonds. The minimum Gasteiger partial charge on any atom is -0.261 e. The Bertz CT molecular complexity index is 641. The monoisotopic (exact) mass is 277 g/mol. The first kappa shape index (κ1) is 12.7. The molecule has 1 aromatic carbocycles. The Kier molecular flexibility index (Phi) is 2.97. The lowest BCUT2D eigenvalue weighted by Gasteiger charge is -2.09. The van der Waals surface area contributed by atoms with Gasteiger partial charge >= 0.3 is 6.18 Å². The molecule has 18 heavy (non-hydrogen) atoms. The van der Waals surface area contributed by atoms with Crippen molar-refractivity contribution >= 4 is 12.2 Å². The minimum atomic E-state index is -4.71. The number of hydrogen-bond donors (Lipinski definition) is 0. The molecular formula is C10H7F4N3S. The van der Waals surface area contributed by atoms with Gasteiger partial charge in [0.15, 0.2) is 0 Å². The highest BCUT2D eigenvalue weighted by Crippen LogP contribution is 2.30. The van der Waals surface area contributed by atoms with Gasteiger partial charge in [0, 0.05) is 7.05 Å². The van der Waals surface area contributed by atoms with Crippen LogP contribution in [0.15, 0.2) is 24.3 Å². The second kappa shape index (κ2) is 4.20. The summed E-state index contributed by atoms with van der Waals surface area (Å²) in [6.45, 7) is 0. The van der Waals surface area contributed by atoms with Crippen molar-refractivity contribution in [2.45, 2.75) is 6.18 Å². The summed E-state index contributed by atoms with van der Waals surface area (Å²) < 4.78 is 53.2. The number of alkyl halides is 3. The van der Waals surface area contributed by atoms with Crippen LogP contribution in [0.3, 0.4) is 0 Å². The normalized spacial score (nSPS) is 11.8. The van der Waals surface area contributed by atoms with Gasteiger partial charge in [-0.25, -0.2) is 9.07 Å². The zero-order valence-corrected chi connectivity index (χ0v) is 9.89. The first-order chi connectivity index (χ1) is 8.32. The molecule has 0 atom stereocenters. The SMILES string of the molecule is Cn1nc(C(F)(F)F)n(-c2ccccc2F)c1=S. The molecule has 2 aromatic rings. The third-order valence-corrected chi connectivity index (χ3v) is 2.72. The highest BCUT2D eigenvalue weighted by atomic mass is 32.1. The quantitative estimate of drug-likeness (QED) is 0.590. The van der Waals surface area contributed by atoms with Crippen LogP contribution in [0.25, 0.3) is 5.69 Å². The topological polar surface area (TPSA) is 22.8 Å². The van der Waals surface area contributed by atoms with Crippen LogP contribution in [0.4, 0.5) is 17.6 Å². The Morgan fingerprint density at radius 2 is 1.83 bits per heavy atom. The maximum absolute atomic E-state index is 13.6. The molecule has 3 nitrogen and oxygen atoms in total. The van der Waals surface area contributed by atoms with Crippen LogP contribution in [0.1, 0.15) is 5.82 Å². The lowest BCUT2D eigenvalue weighted by atomic mass is 10.3. The van der Waals surface area contributed by atoms with Crippen LogP contribution in [0.5, 0.6) is 0 Å². The molecule has 2 rings (SSSR count). The minimum absolute atomic E-state index is 0.229. The third-order valence-electron chi connectivity index (χ3n) is 2.27.